The van der Waals surface area contributed by atoms with Crippen LogP contribution in [0.15, 0.2) is 18.2 Å². The highest BCUT2D eigenvalue weighted by molar-refractivity contribution is 6.30. The van der Waals surface area contributed by atoms with Crippen molar-refractivity contribution in [1.29, 1.82) is 0 Å². The molecule has 0 fully saturated rings. The fourth-order valence-corrected chi connectivity index (χ4v) is 1.98. The standard InChI is InChI=1S/C11H11Cl/c1-2-8-6-10(12)7-9-4-3-5-11(8)9/h3-4,6-7H,2,5H2,1H3. The monoisotopic (exact) mass is 178 g/mol. The van der Waals surface area contributed by atoms with E-state index in [1.807, 2.05) is 6.07 Å². The van der Waals surface area contributed by atoms with Gasteiger partial charge in [0.15, 0.2) is 0 Å². The topological polar surface area (TPSA) is 0 Å². The average Bonchev–Trinajstić information content (AvgIpc) is 2.50. The Morgan fingerprint density at radius 2 is 2.25 bits per heavy atom. The summed E-state index contributed by atoms with van der Waals surface area (Å²) in [7, 11) is 0. The molecule has 1 aliphatic rings. The lowest BCUT2D eigenvalue weighted by atomic mass is 10.0. The molecule has 1 aliphatic carbocycles. The Kier molecular flexibility index (Phi) is 1.93. The number of rotatable bonds is 1. The molecule has 0 aromatic heterocycles. The molecule has 0 bridgehead atoms. The highest BCUT2D eigenvalue weighted by Gasteiger charge is 2.09. The molecule has 2 rings (SSSR count). The maximum absolute atomic E-state index is 5.97. The minimum atomic E-state index is 0.858. The molecule has 1 aromatic carbocycles. The molecule has 0 unspecified atom stereocenters. The Labute approximate surface area is 77.9 Å². The zero-order valence-corrected chi connectivity index (χ0v) is 7.86. The third-order valence-electron chi connectivity index (χ3n) is 2.34. The lowest BCUT2D eigenvalue weighted by Gasteiger charge is -2.06. The molecule has 0 radical (unpaired) electrons. The van der Waals surface area contributed by atoms with Gasteiger partial charge in [-0.2, -0.15) is 0 Å². The summed E-state index contributed by atoms with van der Waals surface area (Å²) in [4.78, 5) is 0. The average molecular weight is 179 g/mol. The van der Waals surface area contributed by atoms with E-state index in [2.05, 4.69) is 25.1 Å². The number of hydrogen-bond donors (Lipinski definition) is 0. The molecule has 0 aliphatic heterocycles. The molecule has 0 N–H and O–H groups in total. The summed E-state index contributed by atoms with van der Waals surface area (Å²) >= 11 is 5.97. The molecular formula is C11H11Cl. The van der Waals surface area contributed by atoms with Gasteiger partial charge in [0.2, 0.25) is 0 Å². The van der Waals surface area contributed by atoms with E-state index in [0.717, 1.165) is 17.9 Å². The van der Waals surface area contributed by atoms with Gasteiger partial charge in [0.1, 0.15) is 0 Å². The molecule has 0 amide bonds. The predicted octanol–water partition coefficient (Wildman–Crippen LogP) is 3.47. The van der Waals surface area contributed by atoms with Gasteiger partial charge in [-0.3, -0.25) is 0 Å². The second-order valence-electron chi connectivity index (χ2n) is 3.09. The second-order valence-corrected chi connectivity index (χ2v) is 3.53. The smallest absolute Gasteiger partial charge is 0.0414 e. The molecule has 1 aromatic rings. The van der Waals surface area contributed by atoms with Crippen LogP contribution in [0, 0.1) is 0 Å². The number of aryl methyl sites for hydroxylation is 1. The summed E-state index contributed by atoms with van der Waals surface area (Å²) in [5.41, 5.74) is 4.16. The van der Waals surface area contributed by atoms with Crippen molar-refractivity contribution in [2.75, 3.05) is 0 Å². The maximum Gasteiger partial charge on any atom is 0.0414 e. The van der Waals surface area contributed by atoms with Crippen molar-refractivity contribution < 1.29 is 0 Å². The Balaban J connectivity index is 2.59. The first-order chi connectivity index (χ1) is 5.81. The molecular weight excluding hydrogens is 168 g/mol. The summed E-state index contributed by atoms with van der Waals surface area (Å²) in [6.45, 7) is 2.17. The van der Waals surface area contributed by atoms with Crippen LogP contribution in [-0.2, 0) is 12.8 Å². The molecule has 12 heavy (non-hydrogen) atoms. The van der Waals surface area contributed by atoms with Gasteiger partial charge in [-0.15, -0.1) is 0 Å². The highest BCUT2D eigenvalue weighted by Crippen LogP contribution is 2.27. The predicted molar refractivity (Wildman–Crippen MR) is 53.6 cm³/mol. The quantitative estimate of drug-likeness (QED) is 0.618. The SMILES string of the molecule is CCc1cc(Cl)cc2c1CC=C2. The molecule has 0 saturated carbocycles. The van der Waals surface area contributed by atoms with Crippen molar-refractivity contribution in [2.24, 2.45) is 0 Å². The van der Waals surface area contributed by atoms with E-state index in [9.17, 15) is 0 Å². The summed E-state index contributed by atoms with van der Waals surface area (Å²) in [5, 5.41) is 0.858. The second kappa shape index (κ2) is 2.95. The summed E-state index contributed by atoms with van der Waals surface area (Å²) in [6, 6.07) is 4.12. The third-order valence-corrected chi connectivity index (χ3v) is 2.56. The minimum Gasteiger partial charge on any atom is -0.0843 e. The lowest BCUT2D eigenvalue weighted by Crippen LogP contribution is -1.91. The zero-order chi connectivity index (χ0) is 8.55. The molecule has 0 heterocycles. The van der Waals surface area contributed by atoms with Gasteiger partial charge in [-0.1, -0.05) is 30.7 Å². The Hall–Kier alpha value is -0.750. The van der Waals surface area contributed by atoms with Crippen LogP contribution in [0.5, 0.6) is 0 Å². The van der Waals surface area contributed by atoms with Crippen molar-refractivity contribution in [3.8, 4) is 0 Å². The Morgan fingerprint density at radius 1 is 1.42 bits per heavy atom. The Bertz CT molecular complexity index is 337. The van der Waals surface area contributed by atoms with Crippen LogP contribution in [0.2, 0.25) is 5.02 Å². The molecule has 62 valence electrons. The third kappa shape index (κ3) is 1.16. The van der Waals surface area contributed by atoms with E-state index in [4.69, 9.17) is 11.6 Å². The van der Waals surface area contributed by atoms with E-state index in [0.29, 0.717) is 0 Å². The number of hydrogen-bond acceptors (Lipinski definition) is 0. The van der Waals surface area contributed by atoms with Gasteiger partial charge >= 0.3 is 0 Å². The van der Waals surface area contributed by atoms with Crippen molar-refractivity contribution in [1.82, 2.24) is 0 Å². The van der Waals surface area contributed by atoms with Gasteiger partial charge < -0.3 is 0 Å². The zero-order valence-electron chi connectivity index (χ0n) is 7.10. The largest absolute Gasteiger partial charge is 0.0843 e. The van der Waals surface area contributed by atoms with Crippen molar-refractivity contribution in [3.05, 3.63) is 39.9 Å². The summed E-state index contributed by atoms with van der Waals surface area (Å²) in [6.07, 6.45) is 6.50. The van der Waals surface area contributed by atoms with Crippen LogP contribution in [-0.4, -0.2) is 0 Å². The van der Waals surface area contributed by atoms with Crippen LogP contribution in [0.1, 0.15) is 23.6 Å². The number of allylic oxidation sites excluding steroid dienone is 1. The molecule has 0 saturated heterocycles. The highest BCUT2D eigenvalue weighted by atomic mass is 35.5. The first kappa shape index (κ1) is 7.88. The fourth-order valence-electron chi connectivity index (χ4n) is 1.73. The van der Waals surface area contributed by atoms with E-state index in [-0.39, 0.29) is 0 Å². The van der Waals surface area contributed by atoms with E-state index >= 15 is 0 Å². The van der Waals surface area contributed by atoms with Gasteiger partial charge in [0.05, 0.1) is 0 Å². The number of fused-ring (bicyclic) bond motifs is 1. The van der Waals surface area contributed by atoms with E-state index < -0.39 is 0 Å². The normalized spacial score (nSPS) is 13.5. The maximum atomic E-state index is 5.97. The van der Waals surface area contributed by atoms with Gasteiger partial charge in [-0.25, -0.2) is 0 Å². The van der Waals surface area contributed by atoms with Gasteiger partial charge in [-0.05, 0) is 41.7 Å². The van der Waals surface area contributed by atoms with E-state index in [1.54, 1.807) is 0 Å². The Morgan fingerprint density at radius 3 is 3.00 bits per heavy atom. The summed E-state index contributed by atoms with van der Waals surface area (Å²) < 4.78 is 0. The van der Waals surface area contributed by atoms with Crippen LogP contribution >= 0.6 is 11.6 Å². The van der Waals surface area contributed by atoms with Gasteiger partial charge in [0.25, 0.3) is 0 Å². The molecule has 0 spiro atoms. The molecule has 0 atom stereocenters. The lowest BCUT2D eigenvalue weighted by molar-refractivity contribution is 1.09. The molecule has 1 heteroatoms. The van der Waals surface area contributed by atoms with Gasteiger partial charge in [0, 0.05) is 5.02 Å². The number of halogens is 1. The van der Waals surface area contributed by atoms with Crippen LogP contribution in [0.3, 0.4) is 0 Å². The van der Waals surface area contributed by atoms with Crippen molar-refractivity contribution >= 4 is 17.7 Å². The molecule has 0 nitrogen and oxygen atoms in total. The van der Waals surface area contributed by atoms with Crippen LogP contribution in [0.4, 0.5) is 0 Å². The minimum absolute atomic E-state index is 0.858. The first-order valence-electron chi connectivity index (χ1n) is 4.29. The summed E-state index contributed by atoms with van der Waals surface area (Å²) in [5.74, 6) is 0. The van der Waals surface area contributed by atoms with Crippen LogP contribution < -0.4 is 0 Å². The van der Waals surface area contributed by atoms with Crippen molar-refractivity contribution in [2.45, 2.75) is 19.8 Å². The van der Waals surface area contributed by atoms with E-state index in [1.165, 1.54) is 16.7 Å². The number of benzene rings is 1. The van der Waals surface area contributed by atoms with Crippen LogP contribution in [0.25, 0.3) is 6.08 Å². The van der Waals surface area contributed by atoms with Crippen molar-refractivity contribution in [3.63, 3.8) is 0 Å². The first-order valence-corrected chi connectivity index (χ1v) is 4.67. The fraction of sp³-hybridized carbons (Fsp3) is 0.273.